The summed E-state index contributed by atoms with van der Waals surface area (Å²) in [7, 11) is -2.53. The number of halogens is 3. The van der Waals surface area contributed by atoms with E-state index in [1.54, 1.807) is 37.3 Å². The van der Waals surface area contributed by atoms with E-state index < -0.39 is 23.0 Å². The van der Waals surface area contributed by atoms with Crippen LogP contribution in [0.3, 0.4) is 0 Å². The van der Waals surface area contributed by atoms with Gasteiger partial charge in [0.15, 0.2) is 5.78 Å². The minimum absolute atomic E-state index is 0.117. The minimum atomic E-state index is -3.68. The van der Waals surface area contributed by atoms with Crippen molar-refractivity contribution in [1.82, 2.24) is 5.32 Å². The van der Waals surface area contributed by atoms with Crippen molar-refractivity contribution in [3.8, 4) is 0 Å². The Morgan fingerprint density at radius 2 is 1.90 bits per heavy atom. The minimum Gasteiger partial charge on any atom is -0.453 e. The summed E-state index contributed by atoms with van der Waals surface area (Å²) in [5.74, 6) is -1.38. The molecule has 0 bridgehead atoms. The van der Waals surface area contributed by atoms with Gasteiger partial charge < -0.3 is 14.6 Å². The summed E-state index contributed by atoms with van der Waals surface area (Å²) in [5, 5.41) is 2.62. The number of hydrogen-bond acceptors (Lipinski definition) is 4. The first-order chi connectivity index (χ1) is 9.75. The number of carbonyl (C=O) groups excluding carboxylic acids is 1. The van der Waals surface area contributed by atoms with Crippen LogP contribution in [0, 0.1) is 0 Å². The second kappa shape index (κ2) is 7.70. The lowest BCUT2D eigenvalue weighted by atomic mass is 10.4. The molecule has 0 spiro atoms. The van der Waals surface area contributed by atoms with Gasteiger partial charge in [0.05, 0.1) is 13.7 Å². The average molecular weight is 375 g/mol. The molecule has 0 radical (unpaired) electrons. The summed E-state index contributed by atoms with van der Waals surface area (Å²) in [6, 6.07) is 8.26. The SMILES string of the molecule is CCOP(=O)(c1ccccc1)C(NC(=O)OC)C(Cl)(Cl)Cl. The molecular formula is C12H15Cl3NO4P. The highest BCUT2D eigenvalue weighted by atomic mass is 35.6. The Morgan fingerprint density at radius 1 is 1.33 bits per heavy atom. The molecule has 1 amide bonds. The molecule has 0 fully saturated rings. The highest BCUT2D eigenvalue weighted by Gasteiger charge is 2.49. The van der Waals surface area contributed by atoms with E-state index in [1.165, 1.54) is 0 Å². The number of methoxy groups -OCH3 is 1. The van der Waals surface area contributed by atoms with Crippen LogP contribution in [0.1, 0.15) is 6.92 Å². The molecule has 0 saturated heterocycles. The molecule has 1 N–H and O–H groups in total. The van der Waals surface area contributed by atoms with Gasteiger partial charge >= 0.3 is 6.09 Å². The number of ether oxygens (including phenoxy) is 1. The second-order valence-corrected chi connectivity index (χ2v) is 8.78. The molecule has 0 aliphatic rings. The molecule has 2 unspecified atom stereocenters. The van der Waals surface area contributed by atoms with Gasteiger partial charge in [-0.15, -0.1) is 0 Å². The van der Waals surface area contributed by atoms with Crippen LogP contribution in [0.4, 0.5) is 4.79 Å². The summed E-state index contributed by atoms with van der Waals surface area (Å²) in [5.41, 5.74) is 0. The third-order valence-corrected chi connectivity index (χ3v) is 6.49. The quantitative estimate of drug-likeness (QED) is 0.631. The van der Waals surface area contributed by atoms with E-state index in [-0.39, 0.29) is 6.61 Å². The first-order valence-corrected chi connectivity index (χ1v) is 8.79. The zero-order valence-electron chi connectivity index (χ0n) is 11.4. The van der Waals surface area contributed by atoms with Crippen molar-refractivity contribution in [2.45, 2.75) is 16.5 Å². The summed E-state index contributed by atoms with van der Waals surface area (Å²) >= 11 is 17.6. The third-order valence-electron chi connectivity index (χ3n) is 2.53. The van der Waals surface area contributed by atoms with Crippen molar-refractivity contribution in [2.75, 3.05) is 13.7 Å². The maximum absolute atomic E-state index is 13.3. The lowest BCUT2D eigenvalue weighted by Gasteiger charge is -2.32. The Kier molecular flexibility index (Phi) is 6.82. The number of alkyl carbamates (subject to hydrolysis) is 1. The number of nitrogens with one attached hydrogen (secondary N) is 1. The van der Waals surface area contributed by atoms with Crippen LogP contribution in [-0.2, 0) is 13.8 Å². The monoisotopic (exact) mass is 373 g/mol. The lowest BCUT2D eigenvalue weighted by Crippen LogP contribution is -2.45. The molecule has 118 valence electrons. The predicted octanol–water partition coefficient (Wildman–Crippen LogP) is 3.68. The number of alkyl halides is 3. The fourth-order valence-electron chi connectivity index (χ4n) is 1.66. The van der Waals surface area contributed by atoms with Gasteiger partial charge in [-0.2, -0.15) is 0 Å². The molecule has 1 aromatic carbocycles. The van der Waals surface area contributed by atoms with Gasteiger partial charge in [-0.05, 0) is 19.1 Å². The van der Waals surface area contributed by atoms with E-state index >= 15 is 0 Å². The van der Waals surface area contributed by atoms with Crippen LogP contribution in [0.2, 0.25) is 0 Å². The Morgan fingerprint density at radius 3 is 2.33 bits per heavy atom. The Labute approximate surface area is 138 Å². The Hall–Kier alpha value is -0.450. The number of benzene rings is 1. The topological polar surface area (TPSA) is 64.6 Å². The molecule has 1 rings (SSSR count). The van der Waals surface area contributed by atoms with E-state index in [4.69, 9.17) is 39.3 Å². The molecule has 0 aromatic heterocycles. The number of rotatable bonds is 5. The Balaban J connectivity index is 3.32. The molecular weight excluding hydrogens is 359 g/mol. The normalized spacial score (nSPS) is 15.9. The molecule has 21 heavy (non-hydrogen) atoms. The highest BCUT2D eigenvalue weighted by Crippen LogP contribution is 2.57. The van der Waals surface area contributed by atoms with Gasteiger partial charge in [-0.3, -0.25) is 4.57 Å². The van der Waals surface area contributed by atoms with Crippen molar-refractivity contribution in [3.63, 3.8) is 0 Å². The van der Waals surface area contributed by atoms with Crippen LogP contribution in [0.5, 0.6) is 0 Å². The van der Waals surface area contributed by atoms with Crippen molar-refractivity contribution >= 4 is 53.6 Å². The standard InChI is InChI=1S/C12H15Cl3NO4P/c1-3-20-21(18,9-7-5-4-6-8-9)10(12(13,14)15)16-11(17)19-2/h4-8,10H,3H2,1-2H3,(H,16,17). The average Bonchev–Trinajstić information content (AvgIpc) is 2.44. The molecule has 0 aliphatic heterocycles. The van der Waals surface area contributed by atoms with Crippen LogP contribution in [0.25, 0.3) is 0 Å². The fraction of sp³-hybridized carbons (Fsp3) is 0.417. The zero-order valence-corrected chi connectivity index (χ0v) is 14.5. The molecule has 5 nitrogen and oxygen atoms in total. The predicted molar refractivity (Wildman–Crippen MR) is 84.9 cm³/mol. The van der Waals surface area contributed by atoms with Gasteiger partial charge in [0, 0.05) is 5.30 Å². The second-order valence-electron chi connectivity index (χ2n) is 3.93. The van der Waals surface area contributed by atoms with Gasteiger partial charge in [0.2, 0.25) is 3.79 Å². The van der Waals surface area contributed by atoms with Gasteiger partial charge in [0.25, 0.3) is 7.37 Å². The van der Waals surface area contributed by atoms with Crippen LogP contribution < -0.4 is 10.6 Å². The van der Waals surface area contributed by atoms with Gasteiger partial charge in [-0.25, -0.2) is 4.79 Å². The molecule has 0 aliphatic carbocycles. The van der Waals surface area contributed by atoms with Crippen molar-refractivity contribution in [2.24, 2.45) is 0 Å². The molecule has 2 atom stereocenters. The first kappa shape index (κ1) is 18.6. The maximum atomic E-state index is 13.3. The Bertz CT molecular complexity index is 521. The van der Waals surface area contributed by atoms with E-state index in [2.05, 4.69) is 10.1 Å². The number of hydrogen-bond donors (Lipinski definition) is 1. The summed E-state index contributed by atoms with van der Waals surface area (Å²) in [4.78, 5) is 11.5. The van der Waals surface area contributed by atoms with Crippen molar-refractivity contribution < 1.29 is 18.6 Å². The summed E-state index contributed by atoms with van der Waals surface area (Å²) in [6.45, 7) is 1.77. The van der Waals surface area contributed by atoms with Crippen molar-refractivity contribution in [1.29, 1.82) is 0 Å². The van der Waals surface area contributed by atoms with Crippen LogP contribution >= 0.6 is 42.2 Å². The summed E-state index contributed by atoms with van der Waals surface area (Å²) in [6.07, 6.45) is -0.873. The van der Waals surface area contributed by atoms with E-state index in [0.29, 0.717) is 5.30 Å². The van der Waals surface area contributed by atoms with E-state index in [0.717, 1.165) is 7.11 Å². The third kappa shape index (κ3) is 4.76. The zero-order chi connectivity index (χ0) is 16.1. The maximum Gasteiger partial charge on any atom is 0.407 e. The first-order valence-electron chi connectivity index (χ1n) is 5.96. The lowest BCUT2D eigenvalue weighted by molar-refractivity contribution is 0.168. The molecule has 0 heterocycles. The smallest absolute Gasteiger partial charge is 0.407 e. The number of carbonyl (C=O) groups is 1. The van der Waals surface area contributed by atoms with E-state index in [1.807, 2.05) is 0 Å². The molecule has 9 heteroatoms. The molecule has 1 aromatic rings. The highest BCUT2D eigenvalue weighted by molar-refractivity contribution is 7.68. The summed E-state index contributed by atoms with van der Waals surface area (Å²) < 4.78 is 21.1. The van der Waals surface area contributed by atoms with Crippen LogP contribution in [0.15, 0.2) is 30.3 Å². The van der Waals surface area contributed by atoms with Gasteiger partial charge in [-0.1, -0.05) is 53.0 Å². The number of amides is 1. The van der Waals surface area contributed by atoms with Crippen LogP contribution in [-0.4, -0.2) is 29.4 Å². The van der Waals surface area contributed by atoms with Crippen molar-refractivity contribution in [3.05, 3.63) is 30.3 Å². The molecule has 0 saturated carbocycles. The largest absolute Gasteiger partial charge is 0.453 e. The van der Waals surface area contributed by atoms with E-state index in [9.17, 15) is 9.36 Å². The fourth-order valence-corrected chi connectivity index (χ4v) is 5.20. The van der Waals surface area contributed by atoms with Gasteiger partial charge in [0.1, 0.15) is 0 Å².